The molecule has 0 spiro atoms. The molecule has 0 atom stereocenters. The van der Waals surface area contributed by atoms with Gasteiger partial charge in [-0.3, -0.25) is 14.8 Å². The normalized spacial score (nSPS) is 9.71. The van der Waals surface area contributed by atoms with Gasteiger partial charge in [-0.15, -0.1) is 5.69 Å². The minimum absolute atomic E-state index is 0. The molecule has 0 saturated heterocycles. The zero-order valence-corrected chi connectivity index (χ0v) is 20.9. The molecule has 2 aromatic heterocycles. The standard InChI is InChI=1S/C18H15N2O2S.C5H5N.C2H4O2.Pd/c1-14-8-2-5-12-18(14)23(21,22)20-17-11-4-3-9-15(17)16-10-6-7-13-19-16;1-2-4-6-5-3-1;1-2(3)4;/h2-13H,1H3;1-5H;1H3,(H,3,4);/q-1;;;. The number of nitrogens with zero attached hydrogens (tertiary/aromatic N) is 3. The van der Waals surface area contributed by atoms with Crippen LogP contribution in [0.3, 0.4) is 0 Å². The van der Waals surface area contributed by atoms with Crippen molar-refractivity contribution in [1.29, 1.82) is 0 Å². The number of rotatable bonds is 4. The Balaban J connectivity index is 0.000000440. The minimum Gasteiger partial charge on any atom is -0.572 e. The Labute approximate surface area is 213 Å². The van der Waals surface area contributed by atoms with Gasteiger partial charge < -0.3 is 9.83 Å². The van der Waals surface area contributed by atoms with E-state index in [-0.39, 0.29) is 25.3 Å². The largest absolute Gasteiger partial charge is 0.572 e. The monoisotopic (exact) mass is 568 g/mol. The molecule has 0 unspecified atom stereocenters. The molecule has 0 amide bonds. The first-order chi connectivity index (χ1) is 15.8. The summed E-state index contributed by atoms with van der Waals surface area (Å²) in [6, 6.07) is 25.1. The Morgan fingerprint density at radius 1 is 0.824 bits per heavy atom. The number of carbonyl (C=O) groups is 1. The Morgan fingerprint density at radius 3 is 1.91 bits per heavy atom. The van der Waals surface area contributed by atoms with E-state index in [4.69, 9.17) is 9.90 Å². The molecule has 0 saturated carbocycles. The van der Waals surface area contributed by atoms with E-state index in [1.165, 1.54) is 0 Å². The van der Waals surface area contributed by atoms with Crippen LogP contribution >= 0.6 is 0 Å². The van der Waals surface area contributed by atoms with Gasteiger partial charge in [0, 0.05) is 45.9 Å². The van der Waals surface area contributed by atoms with Gasteiger partial charge >= 0.3 is 0 Å². The summed E-state index contributed by atoms with van der Waals surface area (Å²) in [5, 5.41) is 7.42. The molecular formula is C25H24N3O4PdS-. The van der Waals surface area contributed by atoms with Gasteiger partial charge in [0.25, 0.3) is 5.97 Å². The molecule has 1 N–H and O–H groups in total. The summed E-state index contributed by atoms with van der Waals surface area (Å²) in [6.07, 6.45) is 5.17. The van der Waals surface area contributed by atoms with Crippen LogP contribution in [0.1, 0.15) is 12.5 Å². The van der Waals surface area contributed by atoms with Crippen LogP contribution in [0.15, 0.2) is 108 Å². The smallest absolute Gasteiger partial charge is 0.300 e. The van der Waals surface area contributed by atoms with Crippen LogP contribution in [-0.4, -0.2) is 29.5 Å². The van der Waals surface area contributed by atoms with Crippen molar-refractivity contribution in [3.8, 4) is 11.3 Å². The molecule has 2 heterocycles. The first kappa shape index (κ1) is 28.7. The van der Waals surface area contributed by atoms with E-state index in [0.717, 1.165) is 6.92 Å². The second kappa shape index (κ2) is 14.7. The topological polar surface area (TPSA) is 111 Å². The van der Waals surface area contributed by atoms with Crippen LogP contribution in [0.25, 0.3) is 16.0 Å². The van der Waals surface area contributed by atoms with Crippen LogP contribution in [0.5, 0.6) is 0 Å². The molecule has 180 valence electrons. The molecule has 0 aliphatic rings. The van der Waals surface area contributed by atoms with Gasteiger partial charge in [0.15, 0.2) is 0 Å². The number of pyridine rings is 2. The summed E-state index contributed by atoms with van der Waals surface area (Å²) in [7, 11) is -3.78. The number of hydrogen-bond acceptors (Lipinski definition) is 5. The maximum atomic E-state index is 12.6. The summed E-state index contributed by atoms with van der Waals surface area (Å²) in [5.41, 5.74) is 2.43. The van der Waals surface area contributed by atoms with E-state index < -0.39 is 16.0 Å². The maximum Gasteiger partial charge on any atom is 0.300 e. The van der Waals surface area contributed by atoms with Crippen LogP contribution in [0.4, 0.5) is 5.69 Å². The number of aromatic nitrogens is 2. The molecule has 0 bridgehead atoms. The fourth-order valence-electron chi connectivity index (χ4n) is 2.63. The van der Waals surface area contributed by atoms with E-state index in [9.17, 15) is 8.42 Å². The van der Waals surface area contributed by atoms with Gasteiger partial charge in [-0.2, -0.15) is 0 Å². The number of sulfonamides is 1. The first-order valence-electron chi connectivity index (χ1n) is 9.90. The van der Waals surface area contributed by atoms with Gasteiger partial charge in [0.05, 0.1) is 10.6 Å². The molecule has 9 heteroatoms. The summed E-state index contributed by atoms with van der Waals surface area (Å²) < 4.78 is 29.3. The van der Waals surface area contributed by atoms with Crippen molar-refractivity contribution in [2.45, 2.75) is 18.7 Å². The second-order valence-corrected chi connectivity index (χ2v) is 8.18. The summed E-state index contributed by atoms with van der Waals surface area (Å²) in [4.78, 5) is 17.3. The number of carboxylic acids is 1. The average molecular weight is 569 g/mol. The van der Waals surface area contributed by atoms with Crippen molar-refractivity contribution in [1.82, 2.24) is 9.97 Å². The van der Waals surface area contributed by atoms with Gasteiger partial charge in [-0.05, 0) is 48.4 Å². The van der Waals surface area contributed by atoms with E-state index in [1.807, 2.05) is 48.5 Å². The average Bonchev–Trinajstić information content (AvgIpc) is 2.81. The van der Waals surface area contributed by atoms with Gasteiger partial charge in [-0.25, -0.2) is 8.42 Å². The van der Waals surface area contributed by atoms with Crippen molar-refractivity contribution in [3.63, 3.8) is 0 Å². The Hall–Kier alpha value is -3.38. The van der Waals surface area contributed by atoms with Crippen LogP contribution < -0.4 is 0 Å². The minimum atomic E-state index is -3.78. The first-order valence-corrected chi connectivity index (χ1v) is 11.3. The number of aryl methyl sites for hydroxylation is 1. The third kappa shape index (κ3) is 9.63. The van der Waals surface area contributed by atoms with Crippen molar-refractivity contribution in [3.05, 3.63) is 114 Å². The maximum absolute atomic E-state index is 12.6. The molecule has 0 fully saturated rings. The number of benzene rings is 2. The number of hydrogen-bond donors (Lipinski definition) is 1. The summed E-state index contributed by atoms with van der Waals surface area (Å²) >= 11 is 0. The Kier molecular flexibility index (Phi) is 12.4. The molecule has 0 aliphatic carbocycles. The van der Waals surface area contributed by atoms with Crippen LogP contribution in [-0.2, 0) is 35.2 Å². The number of carboxylic acid groups (broad SMARTS) is 1. The summed E-state index contributed by atoms with van der Waals surface area (Å²) in [6.45, 7) is 2.84. The summed E-state index contributed by atoms with van der Waals surface area (Å²) in [5.74, 6) is -0.833. The van der Waals surface area contributed by atoms with E-state index in [0.29, 0.717) is 22.5 Å². The molecule has 7 nitrogen and oxygen atoms in total. The molecule has 0 radical (unpaired) electrons. The van der Waals surface area contributed by atoms with Crippen LogP contribution in [0, 0.1) is 6.92 Å². The Morgan fingerprint density at radius 2 is 1.38 bits per heavy atom. The van der Waals surface area contributed by atoms with Crippen molar-refractivity contribution in [2.24, 2.45) is 0 Å². The van der Waals surface area contributed by atoms with Crippen molar-refractivity contribution in [2.75, 3.05) is 0 Å². The van der Waals surface area contributed by atoms with E-state index in [1.54, 1.807) is 61.9 Å². The van der Waals surface area contributed by atoms with Crippen molar-refractivity contribution >= 4 is 21.7 Å². The molecule has 4 aromatic rings. The van der Waals surface area contributed by atoms with Crippen molar-refractivity contribution < 1.29 is 38.7 Å². The fraction of sp³-hybridized carbons (Fsp3) is 0.0800. The van der Waals surface area contributed by atoms with E-state index >= 15 is 0 Å². The zero-order valence-electron chi connectivity index (χ0n) is 18.6. The predicted octanol–water partition coefficient (Wildman–Crippen LogP) is 5.62. The van der Waals surface area contributed by atoms with E-state index in [2.05, 4.69) is 14.7 Å². The molecule has 2 aromatic carbocycles. The molecule has 0 aliphatic heterocycles. The van der Waals surface area contributed by atoms with Gasteiger partial charge in [0.2, 0.25) is 0 Å². The van der Waals surface area contributed by atoms with Gasteiger partial charge in [0.1, 0.15) is 10.0 Å². The third-order valence-corrected chi connectivity index (χ3v) is 5.45. The predicted molar refractivity (Wildman–Crippen MR) is 129 cm³/mol. The molecule has 34 heavy (non-hydrogen) atoms. The third-order valence-electron chi connectivity index (χ3n) is 4.00. The molecule has 4 rings (SSSR count). The molecular weight excluding hydrogens is 545 g/mol. The quantitative estimate of drug-likeness (QED) is 0.320. The second-order valence-electron chi connectivity index (χ2n) is 6.61. The fourth-order valence-corrected chi connectivity index (χ4v) is 3.87. The van der Waals surface area contributed by atoms with Gasteiger partial charge in [-0.1, -0.05) is 54.6 Å². The van der Waals surface area contributed by atoms with Crippen LogP contribution in [0.2, 0.25) is 0 Å². The SMILES string of the molecule is CC(=O)O.Cc1ccccc1S(=O)(=O)[N-]c1ccccc1-c1ccccn1.[Pd].c1ccncc1. The number of aliphatic carboxylic acids is 1. The zero-order chi connectivity index (χ0) is 24.1. The Bertz CT molecular complexity index is 1220.